The molecule has 0 aliphatic rings. The zero-order chi connectivity index (χ0) is 2.71. The predicted octanol–water partition coefficient (Wildman–Crippen LogP) is 0.457. The van der Waals surface area contributed by atoms with Gasteiger partial charge in [0.25, 0.3) is 0 Å². The van der Waals surface area contributed by atoms with Crippen molar-refractivity contribution < 1.29 is 23.0 Å². The molecule has 0 heterocycles. The first-order chi connectivity index (χ1) is 1.41. The van der Waals surface area contributed by atoms with E-state index in [4.69, 9.17) is 0 Å². The number of hydrogen-bond acceptors (Lipinski definition) is 0. The minimum atomic E-state index is -1.19. The third-order valence-corrected chi connectivity index (χ3v) is 0. The van der Waals surface area contributed by atoms with Crippen LogP contribution in [-0.2, 0) is 15.9 Å². The molecule has 0 N–H and O–H groups in total. The quantitative estimate of drug-likeness (QED) is 0.396. The van der Waals surface area contributed by atoms with Gasteiger partial charge < -0.3 is 0 Å². The van der Waals surface area contributed by atoms with Crippen LogP contribution in [0.15, 0.2) is 0 Å². The Bertz CT molecular complexity index is 6.00. The maximum absolute atomic E-state index is 9.53. The molecule has 0 aromatic rings. The van der Waals surface area contributed by atoms with Gasteiger partial charge in [-0.25, -0.2) is 0 Å². The maximum Gasteiger partial charge on any atom is 0 e. The van der Waals surface area contributed by atoms with Crippen LogP contribution in [-0.4, -0.2) is 18.9 Å². The van der Waals surface area contributed by atoms with E-state index in [1.807, 2.05) is 0 Å². The molecule has 4 heavy (non-hydrogen) atoms. The van der Waals surface area contributed by atoms with E-state index in [1.54, 1.807) is 0 Å². The monoisotopic (exact) mass is 108 g/mol. The summed E-state index contributed by atoms with van der Waals surface area (Å²) in [6.07, 6.45) is 0. The standard InChI is InChI=1S/Cu.2FH.Li/h;2*1H;/q+2;;;/p-2. The second-order valence-electron chi connectivity index (χ2n) is 0.0431. The van der Waals surface area contributed by atoms with Gasteiger partial charge in [0.15, 0.2) is 0 Å². The Morgan fingerprint density at radius 1 is 1.25 bits per heavy atom. The second-order valence-corrected chi connectivity index (χ2v) is 0.178. The van der Waals surface area contributed by atoms with Gasteiger partial charge in [0.2, 0.25) is 0 Å². The molecule has 0 aliphatic carbocycles. The predicted molar refractivity (Wildman–Crippen MR) is 7.97 cm³/mol. The van der Waals surface area contributed by atoms with E-state index in [2.05, 4.69) is 0 Å². The van der Waals surface area contributed by atoms with Gasteiger partial charge in [-0.1, -0.05) is 0 Å². The molecule has 0 aromatic heterocycles. The summed E-state index contributed by atoms with van der Waals surface area (Å²) in [5.41, 5.74) is 0. The van der Waals surface area contributed by atoms with Gasteiger partial charge in [0, 0.05) is 18.9 Å². The molecule has 0 spiro atoms. The first kappa shape index (κ1) is 8.88. The largest absolute Gasteiger partial charge is 0 e. The molecule has 0 fully saturated rings. The van der Waals surface area contributed by atoms with Crippen molar-refractivity contribution in [3.05, 3.63) is 0 Å². The molecule has 0 atom stereocenters. The van der Waals surface area contributed by atoms with Gasteiger partial charge in [-0.05, 0) is 0 Å². The van der Waals surface area contributed by atoms with Gasteiger partial charge >= 0.3 is 23.0 Å². The smallest absolute Gasteiger partial charge is 0 e. The Morgan fingerprint density at radius 3 is 1.25 bits per heavy atom. The van der Waals surface area contributed by atoms with E-state index in [0.29, 0.717) is 0 Å². The van der Waals surface area contributed by atoms with Gasteiger partial charge in [-0.2, -0.15) is 0 Å². The first-order valence-corrected chi connectivity index (χ1v) is 0.940. The summed E-state index contributed by atoms with van der Waals surface area (Å²) in [6.45, 7) is 0. The summed E-state index contributed by atoms with van der Waals surface area (Å²) in [7, 11) is 0. The zero-order valence-corrected chi connectivity index (χ0v) is 3.00. The summed E-state index contributed by atoms with van der Waals surface area (Å²) >= 11 is -1.19. The SMILES string of the molecule is [F][Cu][F].[Li]. The van der Waals surface area contributed by atoms with Crippen LogP contribution >= 0.6 is 0 Å². The molecule has 0 rings (SSSR count). The van der Waals surface area contributed by atoms with Crippen molar-refractivity contribution in [2.75, 3.05) is 0 Å². The van der Waals surface area contributed by atoms with Gasteiger partial charge in [-0.3, -0.25) is 0 Å². The van der Waals surface area contributed by atoms with Crippen LogP contribution in [0.4, 0.5) is 7.10 Å². The normalized spacial score (nSPS) is 5.50. The molecule has 0 saturated carbocycles. The fraction of sp³-hybridized carbons (Fsp3) is 0. The van der Waals surface area contributed by atoms with Crippen molar-refractivity contribution >= 4 is 18.9 Å². The fourth-order valence-electron chi connectivity index (χ4n) is 0. The van der Waals surface area contributed by atoms with Crippen LogP contribution in [0.2, 0.25) is 0 Å². The van der Waals surface area contributed by atoms with Crippen molar-refractivity contribution in [3.63, 3.8) is 0 Å². The molecule has 1 radical (unpaired) electrons. The van der Waals surface area contributed by atoms with Crippen LogP contribution in [0.25, 0.3) is 0 Å². The summed E-state index contributed by atoms with van der Waals surface area (Å²) in [5.74, 6) is 0. The fourth-order valence-corrected chi connectivity index (χ4v) is 0. The van der Waals surface area contributed by atoms with Gasteiger partial charge in [-0.15, -0.1) is 0 Å². The minimum Gasteiger partial charge on any atom is 0 e. The van der Waals surface area contributed by atoms with E-state index in [9.17, 15) is 7.10 Å². The zero-order valence-electron chi connectivity index (χ0n) is 2.06. The van der Waals surface area contributed by atoms with E-state index in [0.717, 1.165) is 0 Å². The second kappa shape index (κ2) is 9.02. The van der Waals surface area contributed by atoms with E-state index in [1.165, 1.54) is 0 Å². The molecule has 26 valence electrons. The van der Waals surface area contributed by atoms with Crippen molar-refractivity contribution in [1.29, 1.82) is 0 Å². The van der Waals surface area contributed by atoms with Crippen LogP contribution in [0.3, 0.4) is 0 Å². The number of rotatable bonds is 0. The van der Waals surface area contributed by atoms with Crippen LogP contribution < -0.4 is 0 Å². The average molecular weight is 108 g/mol. The van der Waals surface area contributed by atoms with Gasteiger partial charge in [0.05, 0.1) is 0 Å². The summed E-state index contributed by atoms with van der Waals surface area (Å²) in [5, 5.41) is 0. The van der Waals surface area contributed by atoms with E-state index < -0.39 is 15.9 Å². The molecule has 4 heteroatoms. The first-order valence-electron chi connectivity index (χ1n) is 0.228. The Morgan fingerprint density at radius 2 is 1.25 bits per heavy atom. The van der Waals surface area contributed by atoms with Crippen LogP contribution in [0.5, 0.6) is 0 Å². The minimum absolute atomic E-state index is 0. The summed E-state index contributed by atoms with van der Waals surface area (Å²) in [6, 6.07) is 0. The molecule has 0 bridgehead atoms. The third kappa shape index (κ3) is 12.2. The third-order valence-electron chi connectivity index (χ3n) is 0. The van der Waals surface area contributed by atoms with Crippen molar-refractivity contribution in [3.8, 4) is 0 Å². The summed E-state index contributed by atoms with van der Waals surface area (Å²) < 4.78 is 19.1. The molecule has 0 unspecified atom stereocenters. The number of halogens is 2. The van der Waals surface area contributed by atoms with Crippen molar-refractivity contribution in [1.82, 2.24) is 0 Å². The van der Waals surface area contributed by atoms with Crippen LogP contribution in [0, 0.1) is 0 Å². The Kier molecular flexibility index (Phi) is 20.0. The van der Waals surface area contributed by atoms with Crippen molar-refractivity contribution in [2.24, 2.45) is 0 Å². The Labute approximate surface area is 42.2 Å². The topological polar surface area (TPSA) is 0 Å². The van der Waals surface area contributed by atoms with E-state index >= 15 is 0 Å². The Hall–Kier alpha value is 0.977. The molecule has 0 aliphatic heterocycles. The Balaban J connectivity index is 0. The van der Waals surface area contributed by atoms with Gasteiger partial charge in [0.1, 0.15) is 0 Å². The average Bonchev–Trinajstić information content (AvgIpc) is 0.918. The van der Waals surface area contributed by atoms with Crippen LogP contribution in [0.1, 0.15) is 0 Å². The van der Waals surface area contributed by atoms with Crippen molar-refractivity contribution in [2.45, 2.75) is 0 Å². The molecular weight excluding hydrogens is 108 g/mol. The molecule has 0 saturated heterocycles. The molecule has 0 aromatic carbocycles. The molecular formula is CuF2Li. The molecule has 0 nitrogen and oxygen atoms in total. The maximum atomic E-state index is 9.53. The summed E-state index contributed by atoms with van der Waals surface area (Å²) in [4.78, 5) is 0. The number of hydrogen-bond donors (Lipinski definition) is 0. The molecule has 0 amide bonds. The van der Waals surface area contributed by atoms with E-state index in [-0.39, 0.29) is 18.9 Å².